The Hall–Kier alpha value is -3.00. The number of aromatic nitrogens is 4. The van der Waals surface area contributed by atoms with Gasteiger partial charge in [-0.25, -0.2) is 4.98 Å². The number of nitrogens with one attached hydrogen (secondary N) is 1. The summed E-state index contributed by atoms with van der Waals surface area (Å²) in [7, 11) is 0. The van der Waals surface area contributed by atoms with Crippen molar-refractivity contribution in [1.29, 1.82) is 0 Å². The minimum atomic E-state index is -4.57. The predicted molar refractivity (Wildman–Crippen MR) is 114 cm³/mol. The molecule has 0 aliphatic carbocycles. The number of ether oxygens (including phenoxy) is 1. The lowest BCUT2D eigenvalue weighted by Gasteiger charge is -2.41. The van der Waals surface area contributed by atoms with Crippen molar-refractivity contribution in [2.75, 3.05) is 36.1 Å². The van der Waals surface area contributed by atoms with Crippen molar-refractivity contribution < 1.29 is 27.4 Å². The van der Waals surface area contributed by atoms with Gasteiger partial charge in [0.25, 0.3) is 11.1 Å². The van der Waals surface area contributed by atoms with Gasteiger partial charge in [-0.15, -0.1) is 0 Å². The number of hydrogen-bond donors (Lipinski definition) is 2. The molecule has 2 aliphatic rings. The molecule has 188 valence electrons. The molecule has 3 atom stereocenters. The first-order valence-electron chi connectivity index (χ1n) is 10.7. The van der Waals surface area contributed by atoms with E-state index in [0.717, 1.165) is 9.47 Å². The fourth-order valence-corrected chi connectivity index (χ4v) is 3.85. The molecule has 4 heterocycles. The Kier molecular flexibility index (Phi) is 7.92. The van der Waals surface area contributed by atoms with E-state index in [0.29, 0.717) is 13.2 Å². The zero-order valence-corrected chi connectivity index (χ0v) is 18.6. The van der Waals surface area contributed by atoms with E-state index in [1.807, 2.05) is 0 Å². The average Bonchev–Trinajstić information content (AvgIpc) is 2.77. The third-order valence-corrected chi connectivity index (χ3v) is 5.41. The number of morpholine rings is 1. The fourth-order valence-electron chi connectivity index (χ4n) is 3.85. The topological polar surface area (TPSA) is 117 Å². The first-order chi connectivity index (χ1) is 16.0. The van der Waals surface area contributed by atoms with Crippen LogP contribution in [0.4, 0.5) is 29.3 Å². The number of hydrogen-bond acceptors (Lipinski definition) is 8. The van der Waals surface area contributed by atoms with E-state index >= 15 is 0 Å². The van der Waals surface area contributed by atoms with Crippen molar-refractivity contribution in [2.24, 2.45) is 0 Å². The maximum atomic E-state index is 14.7. The smallest absolute Gasteiger partial charge is 0.392 e. The van der Waals surface area contributed by atoms with E-state index in [4.69, 9.17) is 4.74 Å². The van der Waals surface area contributed by atoms with Gasteiger partial charge in [0.05, 0.1) is 31.7 Å². The second kappa shape index (κ2) is 10.5. The monoisotopic (exact) mass is 490 g/mol. The second-order valence-electron chi connectivity index (χ2n) is 8.07. The number of halogens is 4. The summed E-state index contributed by atoms with van der Waals surface area (Å²) >= 11 is 0. The van der Waals surface area contributed by atoms with Gasteiger partial charge >= 0.3 is 6.18 Å². The number of fused-ring (bicyclic) bond motifs is 1. The van der Waals surface area contributed by atoms with Crippen LogP contribution in [-0.2, 0) is 11.3 Å². The van der Waals surface area contributed by atoms with Crippen molar-refractivity contribution in [3.63, 3.8) is 0 Å². The number of aliphatic hydroxyl groups is 1. The second-order valence-corrected chi connectivity index (χ2v) is 8.07. The van der Waals surface area contributed by atoms with E-state index in [9.17, 15) is 32.3 Å². The van der Waals surface area contributed by atoms with Gasteiger partial charge in [-0.2, -0.15) is 22.5 Å². The number of H-pyrrole nitrogens is 1. The summed E-state index contributed by atoms with van der Waals surface area (Å²) < 4.78 is 61.4. The van der Waals surface area contributed by atoms with Gasteiger partial charge in [0.1, 0.15) is 6.04 Å². The SMILES string of the molecule is C[C@H](O)CN1c2nc(N3CCOC[C@H]3C)c(F)c(=O)n2CC[C@H]1C(F)(F)F.O=c1ccnc[nH]1. The van der Waals surface area contributed by atoms with Crippen LogP contribution in [0.15, 0.2) is 28.2 Å². The van der Waals surface area contributed by atoms with Crippen LogP contribution in [-0.4, -0.2) is 75.3 Å². The van der Waals surface area contributed by atoms with Crippen LogP contribution in [0.25, 0.3) is 0 Å². The lowest BCUT2D eigenvalue weighted by atomic mass is 10.1. The maximum Gasteiger partial charge on any atom is 0.408 e. The molecule has 4 rings (SSSR count). The summed E-state index contributed by atoms with van der Waals surface area (Å²) in [4.78, 5) is 35.1. The minimum Gasteiger partial charge on any atom is -0.392 e. The molecular formula is C20H26F4N6O4. The van der Waals surface area contributed by atoms with E-state index in [1.165, 1.54) is 30.4 Å². The molecule has 34 heavy (non-hydrogen) atoms. The first kappa shape index (κ1) is 25.6. The average molecular weight is 490 g/mol. The minimum absolute atomic E-state index is 0.116. The summed E-state index contributed by atoms with van der Waals surface area (Å²) in [6.07, 6.45) is -3.29. The largest absolute Gasteiger partial charge is 0.408 e. The Labute approximate surface area is 191 Å². The number of anilines is 2. The van der Waals surface area contributed by atoms with Crippen LogP contribution in [0, 0.1) is 5.82 Å². The highest BCUT2D eigenvalue weighted by Gasteiger charge is 2.47. The molecule has 0 spiro atoms. The molecule has 0 bridgehead atoms. The molecule has 1 fully saturated rings. The van der Waals surface area contributed by atoms with Gasteiger partial charge in [-0.1, -0.05) is 0 Å². The van der Waals surface area contributed by atoms with Crippen LogP contribution < -0.4 is 20.9 Å². The normalized spacial score (nSPS) is 21.4. The van der Waals surface area contributed by atoms with Crippen molar-refractivity contribution >= 4 is 11.8 Å². The Bertz CT molecular complexity index is 1070. The fraction of sp³-hybridized carbons (Fsp3) is 0.600. The van der Waals surface area contributed by atoms with Crippen LogP contribution >= 0.6 is 0 Å². The number of aliphatic hydroxyl groups excluding tert-OH is 1. The van der Waals surface area contributed by atoms with Gasteiger partial charge in [0.15, 0.2) is 5.82 Å². The highest BCUT2D eigenvalue weighted by atomic mass is 19.4. The molecule has 10 nitrogen and oxygen atoms in total. The molecule has 0 radical (unpaired) electrons. The van der Waals surface area contributed by atoms with Crippen LogP contribution in [0.1, 0.15) is 20.3 Å². The van der Waals surface area contributed by atoms with Crippen LogP contribution in [0.2, 0.25) is 0 Å². The predicted octanol–water partition coefficient (Wildman–Crippen LogP) is 0.899. The molecule has 1 saturated heterocycles. The summed E-state index contributed by atoms with van der Waals surface area (Å²) in [6.45, 7) is 3.29. The zero-order chi connectivity index (χ0) is 25.0. The van der Waals surface area contributed by atoms with Gasteiger partial charge in [0, 0.05) is 31.9 Å². The highest BCUT2D eigenvalue weighted by Crippen LogP contribution is 2.35. The number of rotatable bonds is 3. The molecule has 2 aromatic rings. The summed E-state index contributed by atoms with van der Waals surface area (Å²) in [5.74, 6) is -1.64. The quantitative estimate of drug-likeness (QED) is 0.610. The van der Waals surface area contributed by atoms with Crippen molar-refractivity contribution in [1.82, 2.24) is 19.5 Å². The van der Waals surface area contributed by atoms with E-state index in [2.05, 4.69) is 15.0 Å². The van der Waals surface area contributed by atoms with Crippen LogP contribution in [0.5, 0.6) is 0 Å². The first-order valence-corrected chi connectivity index (χ1v) is 10.7. The maximum absolute atomic E-state index is 14.7. The van der Waals surface area contributed by atoms with Crippen LogP contribution in [0.3, 0.4) is 0 Å². The molecule has 0 aromatic carbocycles. The lowest BCUT2D eigenvalue weighted by Crippen LogP contribution is -2.55. The Balaban J connectivity index is 0.000000396. The Morgan fingerprint density at radius 3 is 2.59 bits per heavy atom. The highest BCUT2D eigenvalue weighted by molar-refractivity contribution is 5.48. The molecular weight excluding hydrogens is 464 g/mol. The standard InChI is InChI=1S/C16H22F4N4O3.C4H4N2O/c1-9-8-27-6-5-22(9)13-12(17)14(26)23-4-3-11(16(18,19)20)24(7-10(2)25)15(23)21-13;7-4-1-2-5-3-6-4/h9-11,25H,3-8H2,1-2H3;1-3H,(H,5,6,7)/t9-,10+,11+;/m1./s1. The summed E-state index contributed by atoms with van der Waals surface area (Å²) in [5.41, 5.74) is -1.13. The molecule has 2 N–H and O–H groups in total. The van der Waals surface area contributed by atoms with E-state index in [-0.39, 0.29) is 43.0 Å². The molecule has 2 aliphatic heterocycles. The van der Waals surface area contributed by atoms with E-state index in [1.54, 1.807) is 6.92 Å². The number of nitrogens with zero attached hydrogens (tertiary/aromatic N) is 5. The lowest BCUT2D eigenvalue weighted by molar-refractivity contribution is -0.153. The number of alkyl halides is 3. The van der Waals surface area contributed by atoms with Gasteiger partial charge in [0.2, 0.25) is 11.8 Å². The van der Waals surface area contributed by atoms with E-state index < -0.39 is 36.1 Å². The third kappa shape index (κ3) is 5.73. The molecule has 0 amide bonds. The number of aromatic amines is 1. The van der Waals surface area contributed by atoms with Gasteiger partial charge in [-0.05, 0) is 20.3 Å². The van der Waals surface area contributed by atoms with Crippen molar-refractivity contribution in [3.8, 4) is 0 Å². The molecule has 2 aromatic heterocycles. The van der Waals surface area contributed by atoms with Gasteiger partial charge in [-0.3, -0.25) is 14.2 Å². The summed E-state index contributed by atoms with van der Waals surface area (Å²) in [6, 6.07) is -0.824. The molecule has 0 saturated carbocycles. The van der Waals surface area contributed by atoms with Gasteiger partial charge < -0.3 is 24.6 Å². The van der Waals surface area contributed by atoms with Crippen molar-refractivity contribution in [3.05, 3.63) is 45.1 Å². The number of β-amino-alcohol motifs (C(OH)–C–C–N with tert-alkyl or cyclic N) is 1. The molecule has 14 heteroatoms. The summed E-state index contributed by atoms with van der Waals surface area (Å²) in [5, 5.41) is 9.67. The molecule has 0 unspecified atom stereocenters. The Morgan fingerprint density at radius 2 is 2.06 bits per heavy atom. The zero-order valence-electron chi connectivity index (χ0n) is 18.6. The Morgan fingerprint density at radius 1 is 1.32 bits per heavy atom. The van der Waals surface area contributed by atoms with Crippen molar-refractivity contribution in [2.45, 2.75) is 51.2 Å². The third-order valence-electron chi connectivity index (χ3n) is 5.41.